The molecule has 5 nitrogen and oxygen atoms in total. The number of benzene rings is 3. The van der Waals surface area contributed by atoms with E-state index in [1.54, 1.807) is 0 Å². The van der Waals surface area contributed by atoms with Crippen molar-refractivity contribution in [2.45, 2.75) is 47.8 Å². The number of rotatable bonds is 7. The maximum absolute atomic E-state index is 13.1. The molecule has 0 fully saturated rings. The molecule has 1 N–H and O–H groups in total. The summed E-state index contributed by atoms with van der Waals surface area (Å²) in [6.45, 7) is 11.2. The summed E-state index contributed by atoms with van der Waals surface area (Å²) in [7, 11) is 0. The maximum atomic E-state index is 13.1. The zero-order valence-corrected chi connectivity index (χ0v) is 20.5. The van der Waals surface area contributed by atoms with E-state index in [2.05, 4.69) is 54.6 Å². The summed E-state index contributed by atoms with van der Waals surface area (Å²) in [5.74, 6) is 0.697. The summed E-state index contributed by atoms with van der Waals surface area (Å²) in [4.78, 5) is 13.1. The van der Waals surface area contributed by atoms with Crippen molar-refractivity contribution < 1.29 is 9.53 Å². The first-order valence-electron chi connectivity index (χ1n) is 11.5. The molecule has 1 amide bonds. The lowest BCUT2D eigenvalue weighted by atomic mass is 10.1. The van der Waals surface area contributed by atoms with Gasteiger partial charge in [0.25, 0.3) is 5.91 Å². The Morgan fingerprint density at radius 1 is 0.882 bits per heavy atom. The molecule has 0 unspecified atom stereocenters. The Balaban J connectivity index is 1.46. The Hall–Kier alpha value is -3.86. The van der Waals surface area contributed by atoms with E-state index < -0.39 is 0 Å². The van der Waals surface area contributed by atoms with Crippen molar-refractivity contribution in [3.05, 3.63) is 111 Å². The molecular weight excluding hydrogens is 422 g/mol. The van der Waals surface area contributed by atoms with Crippen LogP contribution in [0.1, 0.15) is 49.6 Å². The number of amides is 1. The van der Waals surface area contributed by atoms with Gasteiger partial charge in [0, 0.05) is 5.56 Å². The average molecular weight is 454 g/mol. The molecule has 0 atom stereocenters. The Bertz CT molecular complexity index is 1340. The van der Waals surface area contributed by atoms with Crippen LogP contribution in [-0.2, 0) is 13.2 Å². The van der Waals surface area contributed by atoms with E-state index in [4.69, 9.17) is 4.74 Å². The van der Waals surface area contributed by atoms with E-state index >= 15 is 0 Å². The van der Waals surface area contributed by atoms with Crippen molar-refractivity contribution in [3.63, 3.8) is 0 Å². The molecule has 0 saturated heterocycles. The second kappa shape index (κ2) is 9.96. The van der Waals surface area contributed by atoms with Gasteiger partial charge >= 0.3 is 0 Å². The molecule has 0 aliphatic heterocycles. The fraction of sp³-hybridized carbons (Fsp3) is 0.241. The highest BCUT2D eigenvalue weighted by Gasteiger charge is 2.16. The zero-order chi connectivity index (χ0) is 24.2. The van der Waals surface area contributed by atoms with Gasteiger partial charge in [-0.2, -0.15) is 5.10 Å². The minimum atomic E-state index is -0.158. The molecule has 1 aromatic heterocycles. The number of ether oxygens (including phenoxy) is 1. The first-order valence-corrected chi connectivity index (χ1v) is 11.5. The van der Waals surface area contributed by atoms with E-state index in [-0.39, 0.29) is 5.91 Å². The molecule has 0 aliphatic carbocycles. The van der Waals surface area contributed by atoms with Gasteiger partial charge in [0.2, 0.25) is 0 Å². The Morgan fingerprint density at radius 3 is 2.38 bits per heavy atom. The molecule has 174 valence electrons. The third-order valence-electron chi connectivity index (χ3n) is 5.95. The lowest BCUT2D eigenvalue weighted by Crippen LogP contribution is -2.14. The highest BCUT2D eigenvalue weighted by Crippen LogP contribution is 2.23. The van der Waals surface area contributed by atoms with E-state index in [0.717, 1.165) is 34.0 Å². The summed E-state index contributed by atoms with van der Waals surface area (Å²) in [5.41, 5.74) is 8.72. The normalized spacial score (nSPS) is 10.9. The van der Waals surface area contributed by atoms with Crippen LogP contribution in [0.3, 0.4) is 0 Å². The van der Waals surface area contributed by atoms with Crippen molar-refractivity contribution >= 4 is 11.6 Å². The number of hydrogen-bond acceptors (Lipinski definition) is 3. The Labute approximate surface area is 201 Å². The highest BCUT2D eigenvalue weighted by molar-refractivity contribution is 6.05. The number of aromatic nitrogens is 2. The highest BCUT2D eigenvalue weighted by atomic mass is 16.5. The van der Waals surface area contributed by atoms with Gasteiger partial charge < -0.3 is 10.1 Å². The predicted molar refractivity (Wildman–Crippen MR) is 137 cm³/mol. The van der Waals surface area contributed by atoms with Crippen LogP contribution in [0.2, 0.25) is 0 Å². The fourth-order valence-corrected chi connectivity index (χ4v) is 4.13. The number of hydrogen-bond donors (Lipinski definition) is 1. The van der Waals surface area contributed by atoms with Crippen LogP contribution < -0.4 is 10.1 Å². The fourth-order valence-electron chi connectivity index (χ4n) is 4.13. The van der Waals surface area contributed by atoms with Crippen molar-refractivity contribution in [1.29, 1.82) is 0 Å². The van der Waals surface area contributed by atoms with Crippen LogP contribution in [0.4, 0.5) is 5.69 Å². The van der Waals surface area contributed by atoms with Crippen LogP contribution in [0.25, 0.3) is 0 Å². The van der Waals surface area contributed by atoms with E-state index in [0.29, 0.717) is 18.7 Å². The summed E-state index contributed by atoms with van der Waals surface area (Å²) in [6.07, 6.45) is 0. The number of nitrogens with zero attached hydrogens (tertiary/aromatic N) is 2. The third-order valence-corrected chi connectivity index (χ3v) is 5.95. The van der Waals surface area contributed by atoms with Crippen molar-refractivity contribution in [1.82, 2.24) is 9.78 Å². The van der Waals surface area contributed by atoms with Gasteiger partial charge in [-0.05, 0) is 69.5 Å². The lowest BCUT2D eigenvalue weighted by molar-refractivity contribution is 0.102. The van der Waals surface area contributed by atoms with Gasteiger partial charge in [-0.25, -0.2) is 0 Å². The largest absolute Gasteiger partial charge is 0.489 e. The van der Waals surface area contributed by atoms with Crippen molar-refractivity contribution in [2.75, 3.05) is 5.32 Å². The molecule has 5 heteroatoms. The van der Waals surface area contributed by atoms with E-state index in [1.165, 1.54) is 16.7 Å². The summed E-state index contributed by atoms with van der Waals surface area (Å²) in [6, 6.07) is 22.0. The average Bonchev–Trinajstić information content (AvgIpc) is 3.06. The molecule has 0 spiro atoms. The molecular formula is C29H31N3O2. The molecule has 3 aromatic carbocycles. The lowest BCUT2D eigenvalue weighted by Gasteiger charge is -2.11. The van der Waals surface area contributed by atoms with Crippen molar-refractivity contribution in [2.24, 2.45) is 0 Å². The standard InChI is InChI=1S/C29H31N3O2/c1-19-8-6-9-24(15-19)17-32-23(5)28(22(4)31-32)30-29(33)26-11-7-10-25(16-26)18-34-27-13-12-20(2)14-21(27)3/h6-16H,17-18H2,1-5H3,(H,30,33). The number of carbonyl (C=O) groups is 1. The molecule has 34 heavy (non-hydrogen) atoms. The molecule has 0 aliphatic rings. The van der Waals surface area contributed by atoms with Gasteiger partial charge in [0.15, 0.2) is 0 Å². The molecule has 1 heterocycles. The Morgan fingerprint density at radius 2 is 1.62 bits per heavy atom. The summed E-state index contributed by atoms with van der Waals surface area (Å²) in [5, 5.41) is 7.72. The van der Waals surface area contributed by atoms with Gasteiger partial charge in [-0.3, -0.25) is 9.48 Å². The summed E-state index contributed by atoms with van der Waals surface area (Å²) >= 11 is 0. The minimum absolute atomic E-state index is 0.158. The SMILES string of the molecule is Cc1cccc(Cn2nc(C)c(NC(=O)c3cccc(COc4ccc(C)cc4C)c3)c2C)c1. The van der Waals surface area contributed by atoms with Gasteiger partial charge in [-0.15, -0.1) is 0 Å². The molecule has 0 saturated carbocycles. The summed E-state index contributed by atoms with van der Waals surface area (Å²) < 4.78 is 7.93. The van der Waals surface area contributed by atoms with Crippen LogP contribution >= 0.6 is 0 Å². The van der Waals surface area contributed by atoms with Crippen LogP contribution in [0.15, 0.2) is 66.7 Å². The Kier molecular flexibility index (Phi) is 6.82. The molecule has 4 aromatic rings. The second-order valence-electron chi connectivity index (χ2n) is 8.90. The first-order chi connectivity index (χ1) is 16.3. The molecule has 0 bridgehead atoms. The van der Waals surface area contributed by atoms with E-state index in [9.17, 15) is 4.79 Å². The smallest absolute Gasteiger partial charge is 0.255 e. The zero-order valence-electron chi connectivity index (χ0n) is 20.5. The number of aryl methyl sites for hydroxylation is 4. The third kappa shape index (κ3) is 5.37. The monoisotopic (exact) mass is 453 g/mol. The number of carbonyl (C=O) groups excluding carboxylic acids is 1. The molecule has 0 radical (unpaired) electrons. The van der Waals surface area contributed by atoms with Crippen LogP contribution in [-0.4, -0.2) is 15.7 Å². The second-order valence-corrected chi connectivity index (χ2v) is 8.90. The molecule has 4 rings (SSSR count). The maximum Gasteiger partial charge on any atom is 0.255 e. The van der Waals surface area contributed by atoms with Gasteiger partial charge in [-0.1, -0.05) is 59.7 Å². The van der Waals surface area contributed by atoms with E-state index in [1.807, 2.05) is 61.9 Å². The quantitative estimate of drug-likeness (QED) is 0.357. The van der Waals surface area contributed by atoms with Crippen LogP contribution in [0, 0.1) is 34.6 Å². The number of nitrogens with one attached hydrogen (secondary N) is 1. The van der Waals surface area contributed by atoms with Gasteiger partial charge in [0.1, 0.15) is 12.4 Å². The minimum Gasteiger partial charge on any atom is -0.489 e. The first kappa shape index (κ1) is 23.3. The predicted octanol–water partition coefficient (Wildman–Crippen LogP) is 6.30. The topological polar surface area (TPSA) is 56.2 Å². The van der Waals surface area contributed by atoms with Gasteiger partial charge in [0.05, 0.1) is 23.6 Å². The number of anilines is 1. The van der Waals surface area contributed by atoms with Crippen molar-refractivity contribution in [3.8, 4) is 5.75 Å². The van der Waals surface area contributed by atoms with Crippen LogP contribution in [0.5, 0.6) is 5.75 Å².